The van der Waals surface area contributed by atoms with E-state index in [1.54, 1.807) is 36.7 Å². The average molecular weight is 436 g/mol. The molecule has 6 nitrogen and oxygen atoms in total. The monoisotopic (exact) mass is 435 g/mol. The van der Waals surface area contributed by atoms with Crippen LogP contribution in [0.5, 0.6) is 0 Å². The van der Waals surface area contributed by atoms with E-state index in [0.29, 0.717) is 17.8 Å². The predicted molar refractivity (Wildman–Crippen MR) is 120 cm³/mol. The maximum Gasteiger partial charge on any atom is 0.261 e. The molecule has 0 bridgehead atoms. The van der Waals surface area contributed by atoms with Gasteiger partial charge in [0.05, 0.1) is 4.90 Å². The number of hydrogen-bond donors (Lipinski definition) is 1. The van der Waals surface area contributed by atoms with E-state index in [1.165, 1.54) is 12.1 Å². The molecule has 1 saturated carbocycles. The Kier molecular flexibility index (Phi) is 5.78. The summed E-state index contributed by atoms with van der Waals surface area (Å²) in [6, 6.07) is 15.8. The highest BCUT2D eigenvalue weighted by Crippen LogP contribution is 2.31. The Morgan fingerprint density at radius 3 is 2.58 bits per heavy atom. The minimum atomic E-state index is -3.82. The second-order valence-electron chi connectivity index (χ2n) is 7.98. The van der Waals surface area contributed by atoms with E-state index in [1.807, 2.05) is 36.9 Å². The predicted octanol–water partition coefficient (Wildman–Crippen LogP) is 4.30. The first-order valence-electron chi connectivity index (χ1n) is 10.2. The molecule has 1 N–H and O–H groups in total. The van der Waals surface area contributed by atoms with Gasteiger partial charge in [-0.1, -0.05) is 24.3 Å². The second-order valence-corrected chi connectivity index (χ2v) is 9.66. The summed E-state index contributed by atoms with van der Waals surface area (Å²) in [5.74, 6) is -0.156. The molecule has 1 heterocycles. The van der Waals surface area contributed by atoms with Gasteiger partial charge in [0.1, 0.15) is 0 Å². The van der Waals surface area contributed by atoms with E-state index in [2.05, 4.69) is 9.71 Å². The fraction of sp³-hybridized carbons (Fsp3) is 0.250. The molecule has 1 aliphatic carbocycles. The first-order valence-corrected chi connectivity index (χ1v) is 11.7. The summed E-state index contributed by atoms with van der Waals surface area (Å²) in [6.45, 7) is 4.18. The SMILES string of the molecule is Cc1cccc(NS(=O)(=O)c2ccc(C)c(C(=O)N(Cc3cccnc3)C3CC3)c2)c1. The molecule has 0 unspecified atom stereocenters. The third-order valence-corrected chi connectivity index (χ3v) is 6.72. The van der Waals surface area contributed by atoms with Gasteiger partial charge in [-0.3, -0.25) is 14.5 Å². The van der Waals surface area contributed by atoms with E-state index in [9.17, 15) is 13.2 Å². The smallest absolute Gasteiger partial charge is 0.261 e. The van der Waals surface area contributed by atoms with Gasteiger partial charge >= 0.3 is 0 Å². The van der Waals surface area contributed by atoms with E-state index in [-0.39, 0.29) is 16.8 Å². The molecular formula is C24H25N3O3S. The van der Waals surface area contributed by atoms with Crippen LogP contribution in [0.1, 0.15) is 39.9 Å². The van der Waals surface area contributed by atoms with Gasteiger partial charge in [-0.2, -0.15) is 0 Å². The molecule has 1 fully saturated rings. The van der Waals surface area contributed by atoms with Crippen LogP contribution in [-0.2, 0) is 16.6 Å². The third-order valence-electron chi connectivity index (χ3n) is 5.34. The van der Waals surface area contributed by atoms with Gasteiger partial charge in [-0.25, -0.2) is 8.42 Å². The molecule has 3 aromatic rings. The lowest BCUT2D eigenvalue weighted by atomic mass is 10.1. The molecule has 160 valence electrons. The molecule has 7 heteroatoms. The van der Waals surface area contributed by atoms with Crippen molar-refractivity contribution in [1.29, 1.82) is 0 Å². The maximum absolute atomic E-state index is 13.4. The van der Waals surface area contributed by atoms with Crippen LogP contribution in [0.15, 0.2) is 71.9 Å². The molecule has 1 amide bonds. The zero-order chi connectivity index (χ0) is 22.0. The Bertz CT molecular complexity index is 1210. The Balaban J connectivity index is 1.62. The summed E-state index contributed by atoms with van der Waals surface area (Å²) in [6.07, 6.45) is 5.37. The van der Waals surface area contributed by atoms with Crippen molar-refractivity contribution in [1.82, 2.24) is 9.88 Å². The number of rotatable bonds is 7. The number of sulfonamides is 1. The number of nitrogens with zero attached hydrogens (tertiary/aromatic N) is 2. The van der Waals surface area contributed by atoms with Gasteiger partial charge in [-0.05, 0) is 73.7 Å². The average Bonchev–Trinajstić information content (AvgIpc) is 3.57. The molecule has 1 aromatic heterocycles. The van der Waals surface area contributed by atoms with E-state index < -0.39 is 10.0 Å². The molecule has 0 spiro atoms. The third kappa shape index (κ3) is 4.94. The molecule has 0 atom stereocenters. The summed E-state index contributed by atoms with van der Waals surface area (Å²) in [4.78, 5) is 19.5. The van der Waals surface area contributed by atoms with Crippen molar-refractivity contribution in [3.8, 4) is 0 Å². The number of hydrogen-bond acceptors (Lipinski definition) is 4. The van der Waals surface area contributed by atoms with Gasteiger partial charge in [0.15, 0.2) is 0 Å². The molecule has 4 rings (SSSR count). The Labute approximate surface area is 183 Å². The number of amides is 1. The summed E-state index contributed by atoms with van der Waals surface area (Å²) >= 11 is 0. The summed E-state index contributed by atoms with van der Waals surface area (Å²) in [5, 5.41) is 0. The molecule has 0 aliphatic heterocycles. The Morgan fingerprint density at radius 1 is 1.10 bits per heavy atom. The van der Waals surface area contributed by atoms with E-state index in [4.69, 9.17) is 0 Å². The molecule has 1 aliphatic rings. The summed E-state index contributed by atoms with van der Waals surface area (Å²) in [7, 11) is -3.82. The quantitative estimate of drug-likeness (QED) is 0.600. The van der Waals surface area contributed by atoms with Crippen LogP contribution in [0.4, 0.5) is 5.69 Å². The fourth-order valence-electron chi connectivity index (χ4n) is 3.52. The largest absolute Gasteiger partial charge is 0.331 e. The van der Waals surface area contributed by atoms with Crippen molar-refractivity contribution in [2.24, 2.45) is 0 Å². The van der Waals surface area contributed by atoms with E-state index >= 15 is 0 Å². The van der Waals surface area contributed by atoms with Crippen LogP contribution in [0.3, 0.4) is 0 Å². The number of carbonyl (C=O) groups is 1. The van der Waals surface area contributed by atoms with Crippen molar-refractivity contribution in [3.63, 3.8) is 0 Å². The van der Waals surface area contributed by atoms with Crippen molar-refractivity contribution >= 4 is 21.6 Å². The number of benzene rings is 2. The minimum Gasteiger partial charge on any atom is -0.331 e. The zero-order valence-electron chi connectivity index (χ0n) is 17.6. The standard InChI is InChI=1S/C24H25N3O3S/c1-17-5-3-7-20(13-17)26-31(29,30)22-11-8-18(2)23(14-22)24(28)27(21-9-10-21)16-19-6-4-12-25-15-19/h3-8,11-15,21,26H,9-10,16H2,1-2H3. The molecule has 2 aromatic carbocycles. The van der Waals surface area contributed by atoms with Gasteiger partial charge in [-0.15, -0.1) is 0 Å². The van der Waals surface area contributed by atoms with Crippen molar-refractivity contribution in [3.05, 3.63) is 89.2 Å². The lowest BCUT2D eigenvalue weighted by molar-refractivity contribution is 0.0728. The highest BCUT2D eigenvalue weighted by Gasteiger charge is 2.34. The van der Waals surface area contributed by atoms with E-state index in [0.717, 1.165) is 29.5 Å². The number of aromatic nitrogens is 1. The second kappa shape index (κ2) is 8.51. The Morgan fingerprint density at radius 2 is 1.90 bits per heavy atom. The summed E-state index contributed by atoms with van der Waals surface area (Å²) < 4.78 is 28.5. The van der Waals surface area contributed by atoms with Crippen LogP contribution in [0.2, 0.25) is 0 Å². The van der Waals surface area contributed by atoms with Crippen molar-refractivity contribution < 1.29 is 13.2 Å². The normalized spacial score (nSPS) is 13.6. The molecular weight excluding hydrogens is 410 g/mol. The number of anilines is 1. The van der Waals surface area contributed by atoms with Crippen LogP contribution < -0.4 is 4.72 Å². The van der Waals surface area contributed by atoms with Gasteiger partial charge in [0.25, 0.3) is 15.9 Å². The van der Waals surface area contributed by atoms with Gasteiger partial charge in [0.2, 0.25) is 0 Å². The lowest BCUT2D eigenvalue weighted by Gasteiger charge is -2.23. The Hall–Kier alpha value is -3.19. The highest BCUT2D eigenvalue weighted by atomic mass is 32.2. The van der Waals surface area contributed by atoms with Gasteiger partial charge in [0, 0.05) is 36.2 Å². The lowest BCUT2D eigenvalue weighted by Crippen LogP contribution is -2.33. The number of aryl methyl sites for hydroxylation is 2. The molecule has 0 saturated heterocycles. The fourth-order valence-corrected chi connectivity index (χ4v) is 4.59. The molecule has 0 radical (unpaired) electrons. The number of carbonyl (C=O) groups excluding carboxylic acids is 1. The number of pyridine rings is 1. The minimum absolute atomic E-state index is 0.0695. The van der Waals surface area contributed by atoms with Crippen molar-refractivity contribution in [2.75, 3.05) is 4.72 Å². The number of nitrogens with one attached hydrogen (secondary N) is 1. The zero-order valence-corrected chi connectivity index (χ0v) is 18.4. The van der Waals surface area contributed by atoms with Crippen molar-refractivity contribution in [2.45, 2.75) is 44.2 Å². The first-order chi connectivity index (χ1) is 14.8. The summed E-state index contributed by atoms with van der Waals surface area (Å²) in [5.41, 5.74) is 3.55. The topological polar surface area (TPSA) is 79.4 Å². The van der Waals surface area contributed by atoms with Crippen LogP contribution in [0.25, 0.3) is 0 Å². The van der Waals surface area contributed by atoms with Crippen LogP contribution in [-0.4, -0.2) is 30.3 Å². The first kappa shape index (κ1) is 21.1. The maximum atomic E-state index is 13.4. The highest BCUT2D eigenvalue weighted by molar-refractivity contribution is 7.92. The van der Waals surface area contributed by atoms with Gasteiger partial charge < -0.3 is 4.90 Å². The molecule has 31 heavy (non-hydrogen) atoms. The van der Waals surface area contributed by atoms with Crippen LogP contribution in [0, 0.1) is 13.8 Å². The van der Waals surface area contributed by atoms with Crippen LogP contribution >= 0.6 is 0 Å².